The van der Waals surface area contributed by atoms with E-state index >= 15 is 0 Å². The number of benzene rings is 2. The number of allylic oxidation sites excluding steroid dienone is 2. The first-order valence-electron chi connectivity index (χ1n) is 14.2. The Kier molecular flexibility index (Phi) is 9.78. The summed E-state index contributed by atoms with van der Waals surface area (Å²) in [6.45, 7) is 8.02. The minimum atomic E-state index is -0.378. The second kappa shape index (κ2) is 14.1. The smallest absolute Gasteiger partial charge is 0.256 e. The van der Waals surface area contributed by atoms with Crippen molar-refractivity contribution in [3.05, 3.63) is 94.9 Å². The molecule has 1 aliphatic heterocycles. The number of amides is 3. The van der Waals surface area contributed by atoms with Gasteiger partial charge in [0.2, 0.25) is 11.9 Å². The topological polar surface area (TPSA) is 138 Å². The third-order valence-electron chi connectivity index (χ3n) is 7.13. The number of halogens is 1. The molecule has 1 aliphatic carbocycles. The van der Waals surface area contributed by atoms with Crippen molar-refractivity contribution < 1.29 is 19.1 Å². The molecule has 0 radical (unpaired) electrons. The largest absolute Gasteiger partial charge is 0.378 e. The van der Waals surface area contributed by atoms with Crippen molar-refractivity contribution in [3.8, 4) is 0 Å². The molecule has 0 unspecified atom stereocenters. The zero-order chi connectivity index (χ0) is 31.1. The molecule has 2 aliphatic rings. The van der Waals surface area contributed by atoms with E-state index in [4.69, 9.17) is 16.3 Å². The molecular formula is C32H32ClN7O4. The first kappa shape index (κ1) is 30.6. The number of aromatic nitrogens is 2. The molecule has 0 saturated carbocycles. The summed E-state index contributed by atoms with van der Waals surface area (Å²) >= 11 is 6.51. The predicted molar refractivity (Wildman–Crippen MR) is 171 cm³/mol. The number of anilines is 3. The lowest BCUT2D eigenvalue weighted by atomic mass is 10.0. The zero-order valence-electron chi connectivity index (χ0n) is 24.2. The zero-order valence-corrected chi connectivity index (χ0v) is 25.0. The summed E-state index contributed by atoms with van der Waals surface area (Å²) in [4.78, 5) is 52.8. The standard InChI is InChI=1S/C32H32ClN7O4/c1-3-29(41)36-22-5-4-6-23(16-22)39-32-34-18-25(19-35-32)38-31(43)26-17-24(9-7-20(26)2)37-30(42)21-8-10-28(27(33)15-21)40-11-13-44-14-12-40/h3,7-10,15-19H,1,4-6,11-14H2,2H3,(H,36,41)(H,37,42)(H,38,43). The Morgan fingerprint density at radius 1 is 0.977 bits per heavy atom. The van der Waals surface area contributed by atoms with Gasteiger partial charge in [0.1, 0.15) is 0 Å². The Labute approximate surface area is 260 Å². The van der Waals surface area contributed by atoms with Gasteiger partial charge in [0.15, 0.2) is 0 Å². The summed E-state index contributed by atoms with van der Waals surface area (Å²) in [6.07, 6.45) is 8.29. The van der Waals surface area contributed by atoms with Crippen molar-refractivity contribution in [2.75, 3.05) is 41.8 Å². The normalized spacial score (nSPS) is 15.7. The number of carbonyl (C=O) groups excluding carboxylic acids is 3. The lowest BCUT2D eigenvalue weighted by Gasteiger charge is -2.29. The van der Waals surface area contributed by atoms with Gasteiger partial charge < -0.3 is 25.6 Å². The highest BCUT2D eigenvalue weighted by molar-refractivity contribution is 6.33. The Morgan fingerprint density at radius 2 is 1.73 bits per heavy atom. The van der Waals surface area contributed by atoms with E-state index in [-0.39, 0.29) is 23.7 Å². The van der Waals surface area contributed by atoms with Crippen molar-refractivity contribution in [3.63, 3.8) is 0 Å². The van der Waals surface area contributed by atoms with Gasteiger partial charge in [-0.3, -0.25) is 14.4 Å². The molecule has 0 spiro atoms. The number of rotatable bonds is 8. The minimum absolute atomic E-state index is 0.240. The monoisotopic (exact) mass is 613 g/mol. The molecule has 3 amide bonds. The van der Waals surface area contributed by atoms with Gasteiger partial charge in [0.05, 0.1) is 42.0 Å². The van der Waals surface area contributed by atoms with Gasteiger partial charge >= 0.3 is 0 Å². The molecule has 226 valence electrons. The van der Waals surface area contributed by atoms with Crippen LogP contribution in [-0.4, -0.2) is 59.7 Å². The Morgan fingerprint density at radius 3 is 2.45 bits per heavy atom. The van der Waals surface area contributed by atoms with Gasteiger partial charge in [0.25, 0.3) is 11.8 Å². The second-order valence-corrected chi connectivity index (χ2v) is 10.7. The highest BCUT2D eigenvalue weighted by Gasteiger charge is 2.18. The summed E-state index contributed by atoms with van der Waals surface area (Å²) < 4.78 is 5.40. The summed E-state index contributed by atoms with van der Waals surface area (Å²) in [7, 11) is 0. The lowest BCUT2D eigenvalue weighted by molar-refractivity contribution is -0.115. The van der Waals surface area contributed by atoms with Crippen molar-refractivity contribution in [1.29, 1.82) is 0 Å². The van der Waals surface area contributed by atoms with E-state index in [0.29, 0.717) is 40.7 Å². The number of carbonyl (C=O) groups is 3. The number of ether oxygens (including phenoxy) is 1. The molecule has 44 heavy (non-hydrogen) atoms. The fourth-order valence-electron chi connectivity index (χ4n) is 4.83. The number of nitrogens with one attached hydrogen (secondary N) is 3. The maximum atomic E-state index is 13.1. The maximum absolute atomic E-state index is 13.1. The fourth-order valence-corrected chi connectivity index (χ4v) is 5.13. The van der Waals surface area contributed by atoms with Crippen molar-refractivity contribution in [2.24, 2.45) is 4.99 Å². The minimum Gasteiger partial charge on any atom is -0.378 e. The summed E-state index contributed by atoms with van der Waals surface area (Å²) in [5, 5.41) is 8.91. The molecule has 3 aromatic rings. The van der Waals surface area contributed by atoms with E-state index in [1.54, 1.807) is 30.3 Å². The van der Waals surface area contributed by atoms with Crippen LogP contribution in [0.3, 0.4) is 0 Å². The van der Waals surface area contributed by atoms with Crippen LogP contribution < -0.4 is 20.9 Å². The van der Waals surface area contributed by atoms with Gasteiger partial charge in [0, 0.05) is 41.3 Å². The van der Waals surface area contributed by atoms with Gasteiger partial charge in [-0.1, -0.05) is 24.2 Å². The van der Waals surface area contributed by atoms with Crippen LogP contribution in [0.25, 0.3) is 0 Å². The first-order valence-corrected chi connectivity index (χ1v) is 14.6. The maximum Gasteiger partial charge on any atom is 0.256 e. The number of nitrogens with zero attached hydrogens (tertiary/aromatic N) is 4. The number of morpholine rings is 1. The van der Waals surface area contributed by atoms with Crippen LogP contribution in [0.2, 0.25) is 5.02 Å². The molecule has 11 nitrogen and oxygen atoms in total. The third kappa shape index (κ3) is 7.74. The fraction of sp³-hybridized carbons (Fsp3) is 0.250. The molecule has 12 heteroatoms. The van der Waals surface area contributed by atoms with Crippen LogP contribution in [0.15, 0.2) is 78.2 Å². The lowest BCUT2D eigenvalue weighted by Crippen LogP contribution is -2.36. The van der Waals surface area contributed by atoms with Crippen molar-refractivity contribution in [1.82, 2.24) is 15.3 Å². The third-order valence-corrected chi connectivity index (χ3v) is 7.43. The molecule has 0 atom stereocenters. The molecule has 1 aromatic heterocycles. The molecule has 2 heterocycles. The van der Waals surface area contributed by atoms with Gasteiger partial charge in [-0.05, 0) is 74.2 Å². The predicted octanol–water partition coefficient (Wildman–Crippen LogP) is 5.22. The Balaban J connectivity index is 1.22. The van der Waals surface area contributed by atoms with E-state index < -0.39 is 0 Å². The summed E-state index contributed by atoms with van der Waals surface area (Å²) in [5.74, 6) is -0.748. The van der Waals surface area contributed by atoms with Crippen molar-refractivity contribution in [2.45, 2.75) is 26.2 Å². The van der Waals surface area contributed by atoms with Crippen LogP contribution in [0.4, 0.5) is 23.0 Å². The Bertz CT molecular complexity index is 1650. The van der Waals surface area contributed by atoms with Crippen LogP contribution in [-0.2, 0) is 9.53 Å². The van der Waals surface area contributed by atoms with Crippen LogP contribution in [0.5, 0.6) is 0 Å². The summed E-state index contributed by atoms with van der Waals surface area (Å²) in [6, 6.07) is 10.3. The van der Waals surface area contributed by atoms with Gasteiger partial charge in [-0.15, -0.1) is 0 Å². The first-order chi connectivity index (χ1) is 21.3. The number of aliphatic imine (C=N–C) groups is 1. The average Bonchev–Trinajstić information content (AvgIpc) is 3.03. The van der Waals surface area contributed by atoms with E-state index in [9.17, 15) is 14.4 Å². The van der Waals surface area contributed by atoms with Gasteiger partial charge in [-0.25, -0.2) is 15.0 Å². The van der Waals surface area contributed by atoms with Crippen LogP contribution in [0.1, 0.15) is 45.5 Å². The van der Waals surface area contributed by atoms with E-state index in [2.05, 4.69) is 42.4 Å². The number of hydrogen-bond acceptors (Lipinski definition) is 8. The van der Waals surface area contributed by atoms with Crippen LogP contribution in [0, 0.1) is 6.92 Å². The molecule has 0 bridgehead atoms. The van der Waals surface area contributed by atoms with Gasteiger partial charge in [-0.2, -0.15) is 0 Å². The van der Waals surface area contributed by atoms with E-state index in [1.165, 1.54) is 18.5 Å². The molecule has 1 fully saturated rings. The van der Waals surface area contributed by atoms with E-state index in [0.717, 1.165) is 55.0 Å². The van der Waals surface area contributed by atoms with Crippen molar-refractivity contribution >= 4 is 58.0 Å². The summed E-state index contributed by atoms with van der Waals surface area (Å²) in [5.41, 5.74) is 4.74. The van der Waals surface area contributed by atoms with Crippen LogP contribution >= 0.6 is 11.6 Å². The molecular weight excluding hydrogens is 582 g/mol. The number of hydrogen-bond donors (Lipinski definition) is 3. The molecule has 3 N–H and O–H groups in total. The Hall–Kier alpha value is -4.87. The highest BCUT2D eigenvalue weighted by Crippen LogP contribution is 2.28. The average molecular weight is 614 g/mol. The van der Waals surface area contributed by atoms with E-state index in [1.807, 2.05) is 19.1 Å². The highest BCUT2D eigenvalue weighted by atomic mass is 35.5. The SMILES string of the molecule is C=CC(=O)NC1=CC(=Nc2ncc(NC(=O)c3cc(NC(=O)c4ccc(N5CCOCC5)c(Cl)c4)ccc3C)cn2)CCC1. The second-order valence-electron chi connectivity index (χ2n) is 10.3. The quantitative estimate of drug-likeness (QED) is 0.296. The number of aryl methyl sites for hydroxylation is 1. The molecule has 5 rings (SSSR count). The molecule has 2 aromatic carbocycles. The molecule has 1 saturated heterocycles.